The van der Waals surface area contributed by atoms with Gasteiger partial charge < -0.3 is 12.4 Å². The van der Waals surface area contributed by atoms with Gasteiger partial charge >= 0.3 is 0 Å². The number of benzene rings is 1. The van der Waals surface area contributed by atoms with Crippen LogP contribution in [-0.2, 0) is 0 Å². The molecular formula is C18H32ClN. The highest BCUT2D eigenvalue weighted by Gasteiger charge is 2.27. The first kappa shape index (κ1) is 19.5. The van der Waals surface area contributed by atoms with Crippen LogP contribution >= 0.6 is 0 Å². The van der Waals surface area contributed by atoms with Gasteiger partial charge in [-0.3, -0.25) is 4.48 Å². The molecular weight excluding hydrogens is 266 g/mol. The molecule has 0 saturated heterocycles. The Morgan fingerprint density at radius 3 is 1.75 bits per heavy atom. The highest BCUT2D eigenvalue weighted by molar-refractivity contribution is 5.44. The lowest BCUT2D eigenvalue weighted by Gasteiger charge is -2.38. The topological polar surface area (TPSA) is 0 Å². The van der Waals surface area contributed by atoms with Gasteiger partial charge in [0.05, 0.1) is 19.6 Å². The molecule has 0 heterocycles. The van der Waals surface area contributed by atoms with E-state index in [9.17, 15) is 0 Å². The van der Waals surface area contributed by atoms with Gasteiger partial charge in [0.25, 0.3) is 0 Å². The number of hydrogen-bond acceptors (Lipinski definition) is 0. The van der Waals surface area contributed by atoms with Gasteiger partial charge in [-0.05, 0) is 44.7 Å². The Hall–Kier alpha value is -0.530. The van der Waals surface area contributed by atoms with Crippen LogP contribution in [0, 0.1) is 6.92 Å². The predicted octanol–water partition coefficient (Wildman–Crippen LogP) is 2.32. The minimum absolute atomic E-state index is 0. The molecule has 0 amide bonds. The fraction of sp³-hybridized carbons (Fsp3) is 0.667. The van der Waals surface area contributed by atoms with Crippen LogP contribution in [0.5, 0.6) is 0 Å². The van der Waals surface area contributed by atoms with E-state index in [2.05, 4.69) is 52.0 Å². The number of hydrogen-bond donors (Lipinski definition) is 0. The lowest BCUT2D eigenvalue weighted by molar-refractivity contribution is -0.00000430. The highest BCUT2D eigenvalue weighted by atomic mass is 35.5. The summed E-state index contributed by atoms with van der Waals surface area (Å²) in [6.07, 6.45) is 6.55. The largest absolute Gasteiger partial charge is 1.00 e. The molecule has 1 aromatic rings. The number of unbranched alkanes of at least 4 members (excludes halogenated alkanes) is 2. The van der Waals surface area contributed by atoms with Crippen LogP contribution in [0.25, 0.3) is 0 Å². The second-order valence-corrected chi connectivity index (χ2v) is 5.86. The first-order valence-corrected chi connectivity index (χ1v) is 8.11. The van der Waals surface area contributed by atoms with Crippen LogP contribution in [0.4, 0.5) is 5.69 Å². The van der Waals surface area contributed by atoms with E-state index in [1.165, 1.54) is 67.5 Å². The minimum Gasteiger partial charge on any atom is -1.00 e. The summed E-state index contributed by atoms with van der Waals surface area (Å²) in [6, 6.07) is 9.25. The Bertz CT molecular complexity index is 339. The van der Waals surface area contributed by atoms with Crippen LogP contribution in [0.3, 0.4) is 0 Å². The molecule has 116 valence electrons. The summed E-state index contributed by atoms with van der Waals surface area (Å²) in [6.45, 7) is 13.0. The van der Waals surface area contributed by atoms with Crippen molar-refractivity contribution in [3.8, 4) is 0 Å². The SMILES string of the molecule is CCCCC[N+](CCC)(CCC)c1ccc(C)cc1.[Cl-]. The Morgan fingerprint density at radius 1 is 0.750 bits per heavy atom. The number of aryl methyl sites for hydroxylation is 1. The van der Waals surface area contributed by atoms with Crippen molar-refractivity contribution in [3.05, 3.63) is 29.8 Å². The number of rotatable bonds is 9. The normalized spacial score (nSPS) is 11.2. The quantitative estimate of drug-likeness (QED) is 0.485. The van der Waals surface area contributed by atoms with Crippen LogP contribution in [0.15, 0.2) is 24.3 Å². The monoisotopic (exact) mass is 297 g/mol. The van der Waals surface area contributed by atoms with Gasteiger partial charge in [0.15, 0.2) is 0 Å². The highest BCUT2D eigenvalue weighted by Crippen LogP contribution is 2.26. The van der Waals surface area contributed by atoms with Crippen molar-refractivity contribution < 1.29 is 12.4 Å². The summed E-state index contributed by atoms with van der Waals surface area (Å²) < 4.78 is 1.19. The molecule has 0 bridgehead atoms. The van der Waals surface area contributed by atoms with Crippen LogP contribution in [-0.4, -0.2) is 19.6 Å². The van der Waals surface area contributed by atoms with Crippen LogP contribution in [0.1, 0.15) is 58.4 Å². The van der Waals surface area contributed by atoms with E-state index in [-0.39, 0.29) is 12.4 Å². The van der Waals surface area contributed by atoms with Crippen LogP contribution < -0.4 is 16.9 Å². The number of halogens is 1. The molecule has 0 N–H and O–H groups in total. The maximum atomic E-state index is 2.35. The Balaban J connectivity index is 0.00000361. The van der Waals surface area contributed by atoms with Crippen molar-refractivity contribution in [2.75, 3.05) is 19.6 Å². The van der Waals surface area contributed by atoms with Crippen molar-refractivity contribution >= 4 is 5.69 Å². The summed E-state index contributed by atoms with van der Waals surface area (Å²) in [4.78, 5) is 0. The van der Waals surface area contributed by atoms with Gasteiger partial charge in [-0.25, -0.2) is 0 Å². The number of quaternary nitrogens is 1. The molecule has 0 aliphatic heterocycles. The van der Waals surface area contributed by atoms with E-state index in [4.69, 9.17) is 0 Å². The second kappa shape index (κ2) is 10.2. The molecule has 0 aliphatic rings. The summed E-state index contributed by atoms with van der Waals surface area (Å²) >= 11 is 0. The van der Waals surface area contributed by atoms with Gasteiger partial charge in [0, 0.05) is 0 Å². The average molecular weight is 298 g/mol. The van der Waals surface area contributed by atoms with Crippen LogP contribution in [0.2, 0.25) is 0 Å². The molecule has 20 heavy (non-hydrogen) atoms. The smallest absolute Gasteiger partial charge is 0.132 e. The molecule has 1 aromatic carbocycles. The fourth-order valence-corrected chi connectivity index (χ4v) is 3.10. The van der Waals surface area contributed by atoms with E-state index in [0.29, 0.717) is 0 Å². The molecule has 2 heteroatoms. The standard InChI is InChI=1S/C18H32N.ClH/c1-5-8-9-16-19(14-6-2,15-7-3)18-12-10-17(4)11-13-18;/h10-13H,5-9,14-16H2,1-4H3;1H/q+1;/p-1. The third-order valence-electron chi connectivity index (χ3n) is 4.07. The van der Waals surface area contributed by atoms with Gasteiger partial charge in [0.1, 0.15) is 5.69 Å². The maximum Gasteiger partial charge on any atom is 0.132 e. The lowest BCUT2D eigenvalue weighted by Crippen LogP contribution is -3.00. The predicted molar refractivity (Wildman–Crippen MR) is 87.7 cm³/mol. The zero-order valence-corrected chi connectivity index (χ0v) is 14.5. The maximum absolute atomic E-state index is 2.35. The number of nitrogens with zero attached hydrogens (tertiary/aromatic N) is 1. The molecule has 0 fully saturated rings. The second-order valence-electron chi connectivity index (χ2n) is 5.86. The minimum atomic E-state index is 0. The van der Waals surface area contributed by atoms with E-state index in [0.717, 1.165) is 0 Å². The lowest BCUT2D eigenvalue weighted by atomic mass is 10.1. The summed E-state index contributed by atoms with van der Waals surface area (Å²) in [5.41, 5.74) is 2.88. The molecule has 0 aromatic heterocycles. The third-order valence-corrected chi connectivity index (χ3v) is 4.07. The van der Waals surface area contributed by atoms with Crippen molar-refractivity contribution in [3.63, 3.8) is 0 Å². The molecule has 0 unspecified atom stereocenters. The van der Waals surface area contributed by atoms with Gasteiger partial charge in [-0.1, -0.05) is 44.9 Å². The molecule has 0 radical (unpaired) electrons. The van der Waals surface area contributed by atoms with E-state index in [1.807, 2.05) is 0 Å². The summed E-state index contributed by atoms with van der Waals surface area (Å²) in [7, 11) is 0. The first-order valence-electron chi connectivity index (χ1n) is 8.11. The molecule has 0 saturated carbocycles. The van der Waals surface area contributed by atoms with Crippen molar-refractivity contribution in [1.29, 1.82) is 0 Å². The van der Waals surface area contributed by atoms with Crippen molar-refractivity contribution in [2.24, 2.45) is 0 Å². The molecule has 1 rings (SSSR count). The fourth-order valence-electron chi connectivity index (χ4n) is 3.10. The Labute approximate surface area is 132 Å². The van der Waals surface area contributed by atoms with Gasteiger partial charge in [-0.2, -0.15) is 0 Å². The van der Waals surface area contributed by atoms with Gasteiger partial charge in [0.2, 0.25) is 0 Å². The zero-order chi connectivity index (χ0) is 14.1. The molecule has 1 nitrogen and oxygen atoms in total. The van der Waals surface area contributed by atoms with Crippen molar-refractivity contribution in [1.82, 2.24) is 4.48 Å². The third kappa shape index (κ3) is 5.46. The Morgan fingerprint density at radius 2 is 1.30 bits per heavy atom. The Kier molecular flexibility index (Phi) is 9.96. The summed E-state index contributed by atoms with van der Waals surface area (Å²) in [5, 5.41) is 0. The van der Waals surface area contributed by atoms with E-state index >= 15 is 0 Å². The van der Waals surface area contributed by atoms with Crippen molar-refractivity contribution in [2.45, 2.75) is 59.8 Å². The zero-order valence-electron chi connectivity index (χ0n) is 13.8. The van der Waals surface area contributed by atoms with E-state index in [1.54, 1.807) is 0 Å². The molecule has 0 atom stereocenters. The average Bonchev–Trinajstić information content (AvgIpc) is 2.40. The molecule has 0 spiro atoms. The van der Waals surface area contributed by atoms with Gasteiger partial charge in [-0.15, -0.1) is 0 Å². The first-order chi connectivity index (χ1) is 9.18. The summed E-state index contributed by atoms with van der Waals surface area (Å²) in [5.74, 6) is 0. The molecule has 0 aliphatic carbocycles. The van der Waals surface area contributed by atoms with E-state index < -0.39 is 0 Å².